The molecule has 1 aromatic rings. The van der Waals surface area contributed by atoms with Gasteiger partial charge in [-0.15, -0.1) is 0 Å². The smallest absolute Gasteiger partial charge is 0.418 e. The lowest BCUT2D eigenvalue weighted by atomic mass is 10.0. The Hall–Kier alpha value is -1.25. The summed E-state index contributed by atoms with van der Waals surface area (Å²) in [5, 5.41) is 0. The molecule has 0 aromatic carbocycles. The standard InChI is InChI=1S/C10H7BrF5NO2/c1-2-19-9(18)5-4(10(14,15)16)3-17-7(11)6(5)8(12)13/h3,8H,2H2,1H3. The number of esters is 1. The molecule has 0 fully saturated rings. The van der Waals surface area contributed by atoms with Crippen LogP contribution in [0.25, 0.3) is 0 Å². The lowest BCUT2D eigenvalue weighted by molar-refractivity contribution is -0.138. The van der Waals surface area contributed by atoms with Crippen molar-refractivity contribution in [3.63, 3.8) is 0 Å². The Morgan fingerprint density at radius 3 is 2.47 bits per heavy atom. The van der Waals surface area contributed by atoms with Crippen molar-refractivity contribution in [2.24, 2.45) is 0 Å². The fourth-order valence-corrected chi connectivity index (χ4v) is 1.81. The number of ether oxygens (including phenoxy) is 1. The molecule has 0 atom stereocenters. The molecule has 0 bridgehead atoms. The number of hydrogen-bond acceptors (Lipinski definition) is 3. The summed E-state index contributed by atoms with van der Waals surface area (Å²) in [6.45, 7) is 1.11. The minimum atomic E-state index is -4.99. The van der Waals surface area contributed by atoms with E-state index < -0.39 is 39.9 Å². The molecule has 0 aliphatic carbocycles. The Morgan fingerprint density at radius 1 is 1.47 bits per heavy atom. The second kappa shape index (κ2) is 5.81. The molecule has 1 aromatic heterocycles. The number of halogens is 6. The maximum absolute atomic E-state index is 12.8. The van der Waals surface area contributed by atoms with Gasteiger partial charge in [0.15, 0.2) is 0 Å². The van der Waals surface area contributed by atoms with Gasteiger partial charge in [0.1, 0.15) is 4.60 Å². The van der Waals surface area contributed by atoms with Gasteiger partial charge in [-0.05, 0) is 22.9 Å². The molecular formula is C10H7BrF5NO2. The molecule has 1 heterocycles. The van der Waals surface area contributed by atoms with Crippen LogP contribution in [0.2, 0.25) is 0 Å². The lowest BCUT2D eigenvalue weighted by Gasteiger charge is -2.16. The monoisotopic (exact) mass is 347 g/mol. The van der Waals surface area contributed by atoms with Crippen molar-refractivity contribution >= 4 is 21.9 Å². The Bertz CT molecular complexity index is 490. The topological polar surface area (TPSA) is 39.2 Å². The average Bonchev–Trinajstić information content (AvgIpc) is 2.26. The Morgan fingerprint density at radius 2 is 2.05 bits per heavy atom. The van der Waals surface area contributed by atoms with Crippen LogP contribution in [0.1, 0.15) is 34.8 Å². The predicted octanol–water partition coefficient (Wildman–Crippen LogP) is 3.98. The fourth-order valence-electron chi connectivity index (χ4n) is 1.34. The van der Waals surface area contributed by atoms with E-state index in [2.05, 4.69) is 25.7 Å². The molecule has 0 saturated carbocycles. The summed E-state index contributed by atoms with van der Waals surface area (Å²) in [5.41, 5.74) is -3.90. The highest BCUT2D eigenvalue weighted by Crippen LogP contribution is 2.38. The van der Waals surface area contributed by atoms with E-state index in [4.69, 9.17) is 0 Å². The van der Waals surface area contributed by atoms with E-state index in [-0.39, 0.29) is 6.61 Å². The average molecular weight is 348 g/mol. The minimum absolute atomic E-state index is 0.237. The van der Waals surface area contributed by atoms with Crippen LogP contribution in [0.5, 0.6) is 0 Å². The van der Waals surface area contributed by atoms with Crippen molar-refractivity contribution in [2.75, 3.05) is 6.61 Å². The van der Waals surface area contributed by atoms with Crippen LogP contribution >= 0.6 is 15.9 Å². The summed E-state index contributed by atoms with van der Waals surface area (Å²) in [7, 11) is 0. The quantitative estimate of drug-likeness (QED) is 0.471. The van der Waals surface area contributed by atoms with Crippen molar-refractivity contribution in [1.82, 2.24) is 4.98 Å². The van der Waals surface area contributed by atoms with Gasteiger partial charge in [-0.3, -0.25) is 0 Å². The number of hydrogen-bond donors (Lipinski definition) is 0. The highest BCUT2D eigenvalue weighted by atomic mass is 79.9. The van der Waals surface area contributed by atoms with Gasteiger partial charge >= 0.3 is 12.1 Å². The third-order valence-electron chi connectivity index (χ3n) is 2.07. The number of aromatic nitrogens is 1. The van der Waals surface area contributed by atoms with Crippen molar-refractivity contribution in [1.29, 1.82) is 0 Å². The van der Waals surface area contributed by atoms with Gasteiger partial charge in [-0.1, -0.05) is 0 Å². The third kappa shape index (κ3) is 3.40. The first-order valence-electron chi connectivity index (χ1n) is 4.91. The number of nitrogens with zero attached hydrogens (tertiary/aromatic N) is 1. The predicted molar refractivity (Wildman–Crippen MR) is 57.9 cm³/mol. The normalized spacial score (nSPS) is 11.8. The summed E-state index contributed by atoms with van der Waals surface area (Å²) < 4.78 is 67.6. The second-order valence-corrected chi connectivity index (χ2v) is 4.02. The van der Waals surface area contributed by atoms with E-state index in [0.717, 1.165) is 0 Å². The minimum Gasteiger partial charge on any atom is -0.462 e. The van der Waals surface area contributed by atoms with Gasteiger partial charge in [0.25, 0.3) is 6.43 Å². The van der Waals surface area contributed by atoms with Crippen LogP contribution in [0.15, 0.2) is 10.8 Å². The van der Waals surface area contributed by atoms with Crippen LogP contribution in [0, 0.1) is 0 Å². The Kier molecular flexibility index (Phi) is 4.83. The van der Waals surface area contributed by atoms with Crippen LogP contribution in [0.3, 0.4) is 0 Å². The van der Waals surface area contributed by atoms with Crippen LogP contribution in [0.4, 0.5) is 22.0 Å². The van der Waals surface area contributed by atoms with E-state index >= 15 is 0 Å². The van der Waals surface area contributed by atoms with Crippen molar-refractivity contribution < 1.29 is 31.5 Å². The fraction of sp³-hybridized carbons (Fsp3) is 0.400. The Labute approximate surface area is 112 Å². The maximum atomic E-state index is 12.8. The van der Waals surface area contributed by atoms with Crippen LogP contribution in [-0.4, -0.2) is 17.6 Å². The molecule has 0 saturated heterocycles. The number of carbonyl (C=O) groups is 1. The maximum Gasteiger partial charge on any atom is 0.418 e. The molecule has 0 spiro atoms. The molecule has 0 amide bonds. The molecule has 0 unspecified atom stereocenters. The molecule has 0 aliphatic rings. The number of rotatable bonds is 3. The first-order chi connectivity index (χ1) is 8.70. The molecule has 19 heavy (non-hydrogen) atoms. The number of carbonyl (C=O) groups excluding carboxylic acids is 1. The molecule has 3 nitrogen and oxygen atoms in total. The van der Waals surface area contributed by atoms with Gasteiger partial charge in [-0.25, -0.2) is 18.6 Å². The van der Waals surface area contributed by atoms with Crippen LogP contribution < -0.4 is 0 Å². The van der Waals surface area contributed by atoms with Gasteiger partial charge in [0.05, 0.1) is 23.3 Å². The zero-order valence-electron chi connectivity index (χ0n) is 9.39. The highest BCUT2D eigenvalue weighted by molar-refractivity contribution is 9.10. The number of pyridine rings is 1. The third-order valence-corrected chi connectivity index (χ3v) is 2.70. The van der Waals surface area contributed by atoms with Crippen molar-refractivity contribution in [3.8, 4) is 0 Å². The van der Waals surface area contributed by atoms with E-state index in [9.17, 15) is 26.7 Å². The molecular weight excluding hydrogens is 341 g/mol. The Balaban J connectivity index is 3.59. The SMILES string of the molecule is CCOC(=O)c1c(C(F)(F)F)cnc(Br)c1C(F)F. The van der Waals surface area contributed by atoms with Gasteiger partial charge in [-0.2, -0.15) is 13.2 Å². The van der Waals surface area contributed by atoms with Crippen LogP contribution in [-0.2, 0) is 10.9 Å². The summed E-state index contributed by atoms with van der Waals surface area (Å²) in [4.78, 5) is 14.7. The van der Waals surface area contributed by atoms with Gasteiger partial charge in [0.2, 0.25) is 0 Å². The summed E-state index contributed by atoms with van der Waals surface area (Å²) >= 11 is 2.60. The van der Waals surface area contributed by atoms with Gasteiger partial charge in [0, 0.05) is 6.20 Å². The van der Waals surface area contributed by atoms with Crippen molar-refractivity contribution in [3.05, 3.63) is 27.5 Å². The molecule has 9 heteroatoms. The van der Waals surface area contributed by atoms with Crippen molar-refractivity contribution in [2.45, 2.75) is 19.5 Å². The van der Waals surface area contributed by atoms with E-state index in [1.165, 1.54) is 6.92 Å². The summed E-state index contributed by atoms with van der Waals surface area (Å²) in [5.74, 6) is -1.46. The van der Waals surface area contributed by atoms with E-state index in [0.29, 0.717) is 6.20 Å². The van der Waals surface area contributed by atoms with Gasteiger partial charge < -0.3 is 4.74 Å². The molecule has 1 rings (SSSR count). The van der Waals surface area contributed by atoms with E-state index in [1.54, 1.807) is 0 Å². The van der Waals surface area contributed by atoms with E-state index in [1.807, 2.05) is 0 Å². The molecule has 0 aliphatic heterocycles. The summed E-state index contributed by atoms with van der Waals surface area (Å²) in [6.07, 6.45) is -7.98. The second-order valence-electron chi connectivity index (χ2n) is 3.27. The summed E-state index contributed by atoms with van der Waals surface area (Å²) in [6, 6.07) is 0. The molecule has 0 radical (unpaired) electrons. The molecule has 0 N–H and O–H groups in total. The zero-order valence-corrected chi connectivity index (χ0v) is 11.0. The number of alkyl halides is 5. The zero-order chi connectivity index (χ0) is 14.8. The lowest BCUT2D eigenvalue weighted by Crippen LogP contribution is -2.19. The largest absolute Gasteiger partial charge is 0.462 e. The molecule has 106 valence electrons. The first-order valence-corrected chi connectivity index (χ1v) is 5.70. The first kappa shape index (κ1) is 15.8. The highest BCUT2D eigenvalue weighted by Gasteiger charge is 2.40.